The quantitative estimate of drug-likeness (QED) is 0.691. The summed E-state index contributed by atoms with van der Waals surface area (Å²) in [6.45, 7) is 10.1. The molecule has 1 N–H and O–H groups in total. The van der Waals surface area contributed by atoms with Gasteiger partial charge < -0.3 is 24.3 Å². The van der Waals surface area contributed by atoms with Gasteiger partial charge in [0.15, 0.2) is 6.10 Å². The van der Waals surface area contributed by atoms with E-state index in [0.29, 0.717) is 26.3 Å². The van der Waals surface area contributed by atoms with Gasteiger partial charge in [-0.25, -0.2) is 14.8 Å². The van der Waals surface area contributed by atoms with Gasteiger partial charge in [-0.3, -0.25) is 0 Å². The van der Waals surface area contributed by atoms with E-state index in [0.717, 1.165) is 51.8 Å². The maximum absolute atomic E-state index is 12.3. The van der Waals surface area contributed by atoms with Gasteiger partial charge in [-0.2, -0.15) is 0 Å². The van der Waals surface area contributed by atoms with Crippen molar-refractivity contribution in [2.45, 2.75) is 26.9 Å². The molecule has 9 heteroatoms. The summed E-state index contributed by atoms with van der Waals surface area (Å²) in [5.41, 5.74) is 5.28. The fraction of sp³-hybridized carbons (Fsp3) is 0.476. The molecule has 158 valence electrons. The van der Waals surface area contributed by atoms with E-state index < -0.39 is 0 Å². The number of amides is 1. The minimum atomic E-state index is -0.238. The Labute approximate surface area is 178 Å². The van der Waals surface area contributed by atoms with Gasteiger partial charge in [-0.1, -0.05) is 0 Å². The predicted octanol–water partition coefficient (Wildman–Crippen LogP) is 3.27. The summed E-state index contributed by atoms with van der Waals surface area (Å²) >= 11 is 1.70. The van der Waals surface area contributed by atoms with Crippen molar-refractivity contribution in [1.82, 2.24) is 19.9 Å². The van der Waals surface area contributed by atoms with Crippen LogP contribution in [0.4, 0.5) is 10.5 Å². The predicted molar refractivity (Wildman–Crippen MR) is 116 cm³/mol. The number of nitrogens with zero attached hydrogens (tertiary/aromatic N) is 4. The zero-order valence-corrected chi connectivity index (χ0v) is 18.2. The molecule has 0 unspecified atom stereocenters. The van der Waals surface area contributed by atoms with Crippen LogP contribution in [0.25, 0.3) is 21.7 Å². The zero-order valence-electron chi connectivity index (χ0n) is 17.4. The summed E-state index contributed by atoms with van der Waals surface area (Å²) in [4.78, 5) is 30.4. The van der Waals surface area contributed by atoms with Crippen LogP contribution < -0.4 is 4.90 Å². The van der Waals surface area contributed by atoms with Gasteiger partial charge in [-0.05, 0) is 32.4 Å². The second-order valence-corrected chi connectivity index (χ2v) is 9.06. The number of pyridine rings is 1. The molecular formula is C21H25N5O3S. The fourth-order valence-electron chi connectivity index (χ4n) is 3.94. The van der Waals surface area contributed by atoms with Crippen LogP contribution in [0.1, 0.15) is 16.1 Å². The van der Waals surface area contributed by atoms with E-state index in [1.54, 1.807) is 16.2 Å². The monoisotopic (exact) mass is 427 g/mol. The Morgan fingerprint density at radius 1 is 1.23 bits per heavy atom. The minimum absolute atomic E-state index is 0.0885. The van der Waals surface area contributed by atoms with Crippen LogP contribution in [0.2, 0.25) is 0 Å². The molecule has 8 nitrogen and oxygen atoms in total. The largest absolute Gasteiger partial charge is 0.441 e. The van der Waals surface area contributed by atoms with Crippen molar-refractivity contribution in [2.24, 2.45) is 0 Å². The summed E-state index contributed by atoms with van der Waals surface area (Å²) in [5, 5.41) is 2.12. The number of carbonyl (C=O) groups excluding carboxylic acids is 1. The second kappa shape index (κ2) is 7.55. The van der Waals surface area contributed by atoms with E-state index in [4.69, 9.17) is 14.5 Å². The van der Waals surface area contributed by atoms with E-state index in [9.17, 15) is 4.79 Å². The number of aromatic amines is 1. The Morgan fingerprint density at radius 3 is 2.63 bits per heavy atom. The normalized spacial score (nSPS) is 17.4. The molecule has 1 amide bonds. The number of H-pyrrole nitrogens is 1. The molecule has 3 aromatic rings. The molecule has 2 aliphatic rings. The Kier molecular flexibility index (Phi) is 4.86. The topological polar surface area (TPSA) is 83.6 Å². The van der Waals surface area contributed by atoms with Crippen LogP contribution in [-0.4, -0.2) is 71.4 Å². The van der Waals surface area contributed by atoms with Crippen LogP contribution in [-0.2, 0) is 9.47 Å². The fourth-order valence-corrected chi connectivity index (χ4v) is 4.91. The molecule has 0 aromatic carbocycles. The molecule has 0 aliphatic carbocycles. The van der Waals surface area contributed by atoms with Gasteiger partial charge in [0, 0.05) is 48.3 Å². The lowest BCUT2D eigenvalue weighted by Gasteiger charge is -2.37. The molecule has 0 radical (unpaired) electrons. The number of hydrogen-bond donors (Lipinski definition) is 1. The number of anilines is 1. The Bertz CT molecular complexity index is 1080. The Morgan fingerprint density at radius 2 is 2.00 bits per heavy atom. The van der Waals surface area contributed by atoms with Crippen molar-refractivity contribution >= 4 is 34.2 Å². The molecule has 2 saturated heterocycles. The molecule has 0 bridgehead atoms. The van der Waals surface area contributed by atoms with E-state index in [2.05, 4.69) is 34.8 Å². The molecule has 5 rings (SSSR count). The number of piperazine rings is 1. The zero-order chi connectivity index (χ0) is 20.8. The Balaban J connectivity index is 1.38. The Hall–Kier alpha value is -2.65. The number of nitrogens with one attached hydrogen (secondary N) is 1. The third kappa shape index (κ3) is 3.31. The maximum atomic E-state index is 12.3. The molecule has 2 aliphatic heterocycles. The molecule has 0 atom stereocenters. The number of thiazole rings is 1. The molecule has 2 fully saturated rings. The SMILES string of the molecule is Cc1nc(-c2[nH]c3nccc(N4CCN(C(=O)OC5COC5)CC4)c3c2C)sc1C. The summed E-state index contributed by atoms with van der Waals surface area (Å²) < 4.78 is 10.5. The molecule has 0 spiro atoms. The third-order valence-electron chi connectivity index (χ3n) is 5.92. The number of fused-ring (bicyclic) bond motifs is 1. The van der Waals surface area contributed by atoms with Crippen LogP contribution in [0.5, 0.6) is 0 Å². The highest BCUT2D eigenvalue weighted by Crippen LogP contribution is 2.37. The lowest BCUT2D eigenvalue weighted by Crippen LogP contribution is -2.51. The first kappa shape index (κ1) is 19.3. The minimum Gasteiger partial charge on any atom is -0.441 e. The van der Waals surface area contributed by atoms with Crippen molar-refractivity contribution in [2.75, 3.05) is 44.3 Å². The van der Waals surface area contributed by atoms with E-state index in [1.807, 2.05) is 13.1 Å². The van der Waals surface area contributed by atoms with Gasteiger partial charge in [0.1, 0.15) is 10.7 Å². The van der Waals surface area contributed by atoms with Crippen molar-refractivity contribution in [3.8, 4) is 10.7 Å². The van der Waals surface area contributed by atoms with E-state index in [1.165, 1.54) is 4.88 Å². The highest BCUT2D eigenvalue weighted by Gasteiger charge is 2.29. The van der Waals surface area contributed by atoms with Gasteiger partial charge >= 0.3 is 6.09 Å². The summed E-state index contributed by atoms with van der Waals surface area (Å²) in [6, 6.07) is 2.06. The van der Waals surface area contributed by atoms with Crippen LogP contribution in [0.15, 0.2) is 12.3 Å². The van der Waals surface area contributed by atoms with Crippen molar-refractivity contribution in [3.05, 3.63) is 28.4 Å². The number of rotatable bonds is 3. The first-order valence-corrected chi connectivity index (χ1v) is 11.0. The molecule has 5 heterocycles. The van der Waals surface area contributed by atoms with E-state index >= 15 is 0 Å². The average Bonchev–Trinajstić information content (AvgIpc) is 3.24. The molecule has 0 saturated carbocycles. The third-order valence-corrected chi connectivity index (χ3v) is 7.01. The number of aryl methyl sites for hydroxylation is 3. The first-order valence-electron chi connectivity index (χ1n) is 10.2. The number of aromatic nitrogens is 3. The van der Waals surface area contributed by atoms with Crippen LogP contribution in [0, 0.1) is 20.8 Å². The summed E-state index contributed by atoms with van der Waals surface area (Å²) in [5.74, 6) is 0. The average molecular weight is 428 g/mol. The van der Waals surface area contributed by atoms with Gasteiger partial charge in [-0.15, -0.1) is 11.3 Å². The van der Waals surface area contributed by atoms with Crippen LogP contribution in [0.3, 0.4) is 0 Å². The number of ether oxygens (including phenoxy) is 2. The first-order chi connectivity index (χ1) is 14.5. The maximum Gasteiger partial charge on any atom is 0.410 e. The van der Waals surface area contributed by atoms with Crippen molar-refractivity contribution in [3.63, 3.8) is 0 Å². The molecule has 30 heavy (non-hydrogen) atoms. The van der Waals surface area contributed by atoms with Crippen molar-refractivity contribution in [1.29, 1.82) is 0 Å². The summed E-state index contributed by atoms with van der Waals surface area (Å²) in [6.07, 6.45) is 1.51. The number of carbonyl (C=O) groups is 1. The van der Waals surface area contributed by atoms with Gasteiger partial charge in [0.25, 0.3) is 0 Å². The van der Waals surface area contributed by atoms with Gasteiger partial charge in [0.05, 0.1) is 24.6 Å². The highest BCUT2D eigenvalue weighted by molar-refractivity contribution is 7.15. The van der Waals surface area contributed by atoms with Crippen molar-refractivity contribution < 1.29 is 14.3 Å². The smallest absolute Gasteiger partial charge is 0.410 e. The van der Waals surface area contributed by atoms with Crippen LogP contribution >= 0.6 is 11.3 Å². The standard InChI is InChI=1S/C21H25N5O3S/c1-12-17-16(25-6-8-26(9-7-25)21(27)29-15-10-28-11-15)4-5-22-19(17)24-18(12)20-23-13(2)14(3)30-20/h4-5,15H,6-11H2,1-3H3,(H,22,24). The number of hydrogen-bond acceptors (Lipinski definition) is 7. The molecular weight excluding hydrogens is 402 g/mol. The lowest BCUT2D eigenvalue weighted by atomic mass is 10.1. The molecule has 3 aromatic heterocycles. The summed E-state index contributed by atoms with van der Waals surface area (Å²) in [7, 11) is 0. The van der Waals surface area contributed by atoms with Gasteiger partial charge in [0.2, 0.25) is 0 Å². The second-order valence-electron chi connectivity index (χ2n) is 7.86. The lowest BCUT2D eigenvalue weighted by molar-refractivity contribution is -0.104. The highest BCUT2D eigenvalue weighted by atomic mass is 32.1. The van der Waals surface area contributed by atoms with E-state index in [-0.39, 0.29) is 12.2 Å².